The number of nitro groups is 3. The molecule has 4 saturated heterocycles. The Kier molecular flexibility index (Phi) is 35.8. The molecule has 3 aromatic carbocycles. The molecule has 0 aromatic heterocycles. The second-order valence-corrected chi connectivity index (χ2v) is 25.1. The zero-order valence-corrected chi connectivity index (χ0v) is 57.5. The summed E-state index contributed by atoms with van der Waals surface area (Å²) in [5, 5.41) is 105. The van der Waals surface area contributed by atoms with Crippen LogP contribution in [-0.4, -0.2) is 220 Å². The first-order valence-electron chi connectivity index (χ1n) is 28.2. The molecule has 0 bridgehead atoms. The molecule has 4 fully saturated rings. The second-order valence-electron chi connectivity index (χ2n) is 20.5. The van der Waals surface area contributed by atoms with Crippen LogP contribution in [0, 0.1) is 30.3 Å². The van der Waals surface area contributed by atoms with Gasteiger partial charge in [0.15, 0.2) is 30.7 Å². The number of halogens is 2. The number of nitro benzene ring substituents is 3. The van der Waals surface area contributed by atoms with Crippen LogP contribution in [0.1, 0.15) is 76.2 Å². The number of ether oxygens (including phenoxy) is 13. The van der Waals surface area contributed by atoms with Crippen LogP contribution in [0.5, 0.6) is 17.2 Å². The minimum atomic E-state index is -1.43. The predicted molar refractivity (Wildman–Crippen MR) is 315 cm³/mol. The van der Waals surface area contributed by atoms with Crippen molar-refractivity contribution in [1.29, 1.82) is 0 Å². The van der Waals surface area contributed by atoms with E-state index >= 15 is 0 Å². The molecule has 0 spiro atoms. The molecular weight excluding hydrogens is 1390 g/mol. The number of rotatable bonds is 14. The summed E-state index contributed by atoms with van der Waals surface area (Å²) in [5.74, 6) is -4.25. The third-order valence-corrected chi connectivity index (χ3v) is 12.8. The first kappa shape index (κ1) is 84.4. The molecule has 0 aliphatic carbocycles. The van der Waals surface area contributed by atoms with Crippen molar-refractivity contribution in [3.8, 4) is 17.2 Å². The summed E-state index contributed by atoms with van der Waals surface area (Å²) in [4.78, 5) is 110. The molecule has 96 heavy (non-hydrogen) atoms. The molecule has 37 nitrogen and oxygen atoms in total. The van der Waals surface area contributed by atoms with E-state index in [9.17, 15) is 79.2 Å². The molecule has 20 atom stereocenters. The normalized spacial score (nSPS) is 29.2. The van der Waals surface area contributed by atoms with Crippen molar-refractivity contribution in [3.63, 3.8) is 0 Å². The summed E-state index contributed by atoms with van der Waals surface area (Å²) in [7, 11) is 9.90. The van der Waals surface area contributed by atoms with Crippen molar-refractivity contribution in [2.75, 3.05) is 0 Å². The van der Waals surface area contributed by atoms with Crippen molar-refractivity contribution in [2.24, 2.45) is 0 Å². The van der Waals surface area contributed by atoms with Gasteiger partial charge >= 0.3 is 76.3 Å². The van der Waals surface area contributed by atoms with E-state index in [2.05, 4.69) is 4.74 Å². The van der Waals surface area contributed by atoms with Crippen molar-refractivity contribution in [3.05, 3.63) is 103 Å². The molecule has 0 amide bonds. The number of aliphatic hydroxyl groups excluding tert-OH is 7. The number of aliphatic hydroxyl groups is 7. The number of carbonyl (C=O) groups excluding carboxylic acids is 7. The summed E-state index contributed by atoms with van der Waals surface area (Å²) in [6.45, 7) is 14.2. The van der Waals surface area contributed by atoms with E-state index in [1.165, 1.54) is 100 Å². The molecule has 4 aliphatic rings. The number of non-ortho nitro benzene ring substituents is 3. The number of phenols is 1. The zero-order valence-electron chi connectivity index (χ0n) is 53.0. The van der Waals surface area contributed by atoms with Crippen LogP contribution in [-0.2, 0) is 101 Å². The standard InChI is InChI=1S/C18H21NO10.C14H20O9.C12H15NO7.C6H5NO3.C6H12O5.2ClH.Zn/c1-9-15(26-10(2)20)16(27-11(3)21)17(28-12(4)22)18(25-9)29-14-7-5-13(6-8-14)19(23)24;1-6-11(20-7(2)15)12(21-8(3)16)13(22-9(4)17)14(19-6)23-10(5)18;1-6-9(14)10(15)11(16)12(19-6)20-8-4-2-7(3-5-8)13(17)18;8-6-3-1-5(2-4-6)7(9)10;1-2-3(7)4(8)5(9)6(10)11-2;;;/h5-9,15-18H,1-4H3;6,11-14H,1-5H3;2-6,9-12,14-16H,1H3;1-4,8H;2-10H,1H3;2*1H;/q;;;;;;;+2/p-2. The van der Waals surface area contributed by atoms with E-state index < -0.39 is 195 Å². The average Bonchev–Trinajstić information content (AvgIpc) is 0.802. The minimum absolute atomic E-state index is 0.0159. The number of carbonyl (C=O) groups is 7. The Balaban J connectivity index is 0.000000422. The molecule has 40 heteroatoms. The Morgan fingerprint density at radius 1 is 0.375 bits per heavy atom. The molecule has 0 saturated carbocycles. The van der Waals surface area contributed by atoms with Crippen molar-refractivity contribution in [1.82, 2.24) is 0 Å². The monoisotopic (exact) mass is 1470 g/mol. The van der Waals surface area contributed by atoms with E-state index in [1.54, 1.807) is 13.8 Å². The van der Waals surface area contributed by atoms with Crippen LogP contribution in [0.15, 0.2) is 72.8 Å². The van der Waals surface area contributed by atoms with Gasteiger partial charge in [0.2, 0.25) is 31.1 Å². The van der Waals surface area contributed by atoms with Crippen LogP contribution in [0.2, 0.25) is 0 Å². The average molecular weight is 1470 g/mol. The Morgan fingerprint density at radius 3 is 0.990 bits per heavy atom. The summed E-state index contributed by atoms with van der Waals surface area (Å²) in [5.41, 5.74) is -0.247. The number of esters is 7. The molecule has 4 heterocycles. The molecule has 532 valence electrons. The summed E-state index contributed by atoms with van der Waals surface area (Å²) in [6.07, 6.45) is -22.9. The van der Waals surface area contributed by atoms with E-state index in [0.29, 0.717) is 0 Å². The first-order chi connectivity index (χ1) is 44.7. The maximum absolute atomic E-state index is 11.6. The van der Waals surface area contributed by atoms with Crippen molar-refractivity contribution < 1.29 is 166 Å². The van der Waals surface area contributed by atoms with Gasteiger partial charge in [-0.2, -0.15) is 0 Å². The van der Waals surface area contributed by atoms with E-state index in [1.807, 2.05) is 0 Å². The zero-order chi connectivity index (χ0) is 73.2. The number of phenolic OH excluding ortho intramolecular Hbond substituents is 1. The Labute approximate surface area is 561 Å². The molecule has 4 aliphatic heterocycles. The van der Waals surface area contributed by atoms with Gasteiger partial charge in [-0.25, -0.2) is 0 Å². The molecule has 20 unspecified atom stereocenters. The van der Waals surface area contributed by atoms with Crippen molar-refractivity contribution >= 4 is 78.2 Å². The molecule has 8 N–H and O–H groups in total. The van der Waals surface area contributed by atoms with Gasteiger partial charge in [0.25, 0.3) is 17.1 Å². The predicted octanol–water partition coefficient (Wildman–Crippen LogP) is 1.89. The molecule has 3 aromatic rings. The summed E-state index contributed by atoms with van der Waals surface area (Å²) < 4.78 is 68.1. The first-order valence-corrected chi connectivity index (χ1v) is 36.0. The Bertz CT molecular complexity index is 3020. The molecular formula is C56H73Cl2N3O34Zn. The number of hydrogen-bond acceptors (Lipinski definition) is 34. The summed E-state index contributed by atoms with van der Waals surface area (Å²) in [6, 6.07) is 15.4. The Hall–Kier alpha value is -7.69. The van der Waals surface area contributed by atoms with Crippen LogP contribution in [0.3, 0.4) is 0 Å². The van der Waals surface area contributed by atoms with Crippen LogP contribution in [0.4, 0.5) is 17.1 Å². The SMILES string of the molecule is CC(=O)OC1C(C)OC(Oc2ccc([N+](=O)[O-])cc2)C(OC(C)=O)C1OC(C)=O.CC(=O)OC1OC(C)C(OC(C)=O)C(OC(C)=O)C1OC(C)=O.CC1OC(O)C(O)C(O)C1O.CC1OC(Oc2ccc([N+](=O)[O-])cc2)C(O)C(O)C1O.O=[N+]([O-])c1ccc(O)cc1.[Cl][Zn][Cl]. The van der Waals surface area contributed by atoms with Gasteiger partial charge < -0.3 is 102 Å². The fourth-order valence-corrected chi connectivity index (χ4v) is 8.57. The number of aromatic hydroxyl groups is 1. The Morgan fingerprint density at radius 2 is 0.646 bits per heavy atom. The summed E-state index contributed by atoms with van der Waals surface area (Å²) >= 11 is -0.931. The van der Waals surface area contributed by atoms with Gasteiger partial charge in [0, 0.05) is 84.9 Å². The third-order valence-electron chi connectivity index (χ3n) is 12.8. The van der Waals surface area contributed by atoms with Crippen LogP contribution >= 0.6 is 19.4 Å². The van der Waals surface area contributed by atoms with Gasteiger partial charge in [-0.3, -0.25) is 63.9 Å². The number of hydrogen-bond donors (Lipinski definition) is 8. The number of nitrogens with zero attached hydrogens (tertiary/aromatic N) is 3. The fraction of sp³-hybridized carbons (Fsp3) is 0.554. The third kappa shape index (κ3) is 27.8. The maximum atomic E-state index is 11.6. The van der Waals surface area contributed by atoms with Gasteiger partial charge in [0.1, 0.15) is 53.9 Å². The topological polar surface area (TPSA) is 531 Å². The second kappa shape index (κ2) is 40.8. The molecule has 0 radical (unpaired) electrons. The molecule has 7 rings (SSSR count). The van der Waals surface area contributed by atoms with Gasteiger partial charge in [-0.1, -0.05) is 0 Å². The fourth-order valence-electron chi connectivity index (χ4n) is 8.57. The van der Waals surface area contributed by atoms with Gasteiger partial charge in [-0.05, 0) is 64.1 Å². The number of benzene rings is 3. The van der Waals surface area contributed by atoms with E-state index in [0.717, 1.165) is 34.6 Å². The van der Waals surface area contributed by atoms with Crippen LogP contribution < -0.4 is 9.47 Å². The van der Waals surface area contributed by atoms with E-state index in [-0.39, 0.29) is 34.3 Å². The van der Waals surface area contributed by atoms with E-state index in [4.69, 9.17) is 102 Å². The quantitative estimate of drug-likeness (QED) is 0.0375. The van der Waals surface area contributed by atoms with Gasteiger partial charge in [0.05, 0.1) is 39.2 Å². The van der Waals surface area contributed by atoms with Gasteiger partial charge in [-0.15, -0.1) is 0 Å². The van der Waals surface area contributed by atoms with Crippen LogP contribution in [0.25, 0.3) is 0 Å². The van der Waals surface area contributed by atoms with Crippen molar-refractivity contribution in [2.45, 2.75) is 199 Å².